The Labute approximate surface area is 155 Å². The molecule has 0 spiro atoms. The quantitative estimate of drug-likeness (QED) is 0.420. The number of fused-ring (bicyclic) bond motifs is 2. The van der Waals surface area contributed by atoms with Crippen LogP contribution in [0.1, 0.15) is 0 Å². The molecule has 0 saturated carbocycles. The van der Waals surface area contributed by atoms with E-state index in [0.29, 0.717) is 5.82 Å². The molecule has 0 fully saturated rings. The van der Waals surface area contributed by atoms with Crippen molar-refractivity contribution in [2.75, 3.05) is 0 Å². The number of halogens is 1. The van der Waals surface area contributed by atoms with Crippen molar-refractivity contribution in [1.29, 1.82) is 0 Å². The lowest BCUT2D eigenvalue weighted by atomic mass is 10.2. The van der Waals surface area contributed by atoms with E-state index < -0.39 is 0 Å². The molecule has 0 N–H and O–H groups in total. The van der Waals surface area contributed by atoms with E-state index in [1.54, 1.807) is 4.52 Å². The number of nitrogens with zero attached hydrogens (tertiary/aromatic N) is 5. The number of pyridine rings is 1. The van der Waals surface area contributed by atoms with Crippen LogP contribution in [0.3, 0.4) is 0 Å². The Morgan fingerprint density at radius 2 is 1.72 bits per heavy atom. The summed E-state index contributed by atoms with van der Waals surface area (Å²) in [6, 6.07) is 20.0. The first-order chi connectivity index (χ1) is 12.3. The van der Waals surface area contributed by atoms with Crippen molar-refractivity contribution >= 4 is 43.1 Å². The number of rotatable bonds is 2. The van der Waals surface area contributed by atoms with E-state index in [0.717, 1.165) is 36.6 Å². The van der Waals surface area contributed by atoms with Crippen LogP contribution in [0.5, 0.6) is 0 Å². The Morgan fingerprint density at radius 1 is 0.880 bits per heavy atom. The highest BCUT2D eigenvalue weighted by molar-refractivity contribution is 9.10. The highest BCUT2D eigenvalue weighted by Gasteiger charge is 2.16. The first kappa shape index (κ1) is 14.7. The van der Waals surface area contributed by atoms with Gasteiger partial charge in [0.15, 0.2) is 10.8 Å². The molecule has 0 amide bonds. The van der Waals surface area contributed by atoms with E-state index in [4.69, 9.17) is 10.1 Å². The topological polar surface area (TPSA) is 56.0 Å². The Hall–Kier alpha value is -2.64. The predicted octanol–water partition coefficient (Wildman–Crippen LogP) is 4.83. The number of benzene rings is 2. The number of para-hydroxylation sites is 1. The lowest BCUT2D eigenvalue weighted by molar-refractivity contribution is 0.967. The third-order valence-corrected chi connectivity index (χ3v) is 5.54. The van der Waals surface area contributed by atoms with Gasteiger partial charge >= 0.3 is 0 Å². The van der Waals surface area contributed by atoms with Gasteiger partial charge in [0.2, 0.25) is 4.96 Å². The normalized spacial score (nSPS) is 11.4. The van der Waals surface area contributed by atoms with Gasteiger partial charge in [-0.25, -0.2) is 4.98 Å². The summed E-state index contributed by atoms with van der Waals surface area (Å²) in [4.78, 5) is 5.46. The molecule has 0 bridgehead atoms. The van der Waals surface area contributed by atoms with Gasteiger partial charge in [0.25, 0.3) is 0 Å². The Morgan fingerprint density at radius 3 is 2.64 bits per heavy atom. The van der Waals surface area contributed by atoms with Gasteiger partial charge in [-0.05, 0) is 24.3 Å². The van der Waals surface area contributed by atoms with E-state index in [-0.39, 0.29) is 0 Å². The second-order valence-electron chi connectivity index (χ2n) is 5.49. The summed E-state index contributed by atoms with van der Waals surface area (Å²) in [6.07, 6.45) is 0. The van der Waals surface area contributed by atoms with Crippen molar-refractivity contribution < 1.29 is 0 Å². The van der Waals surface area contributed by atoms with Crippen LogP contribution in [0.15, 0.2) is 65.1 Å². The van der Waals surface area contributed by atoms with E-state index in [9.17, 15) is 0 Å². The first-order valence-electron chi connectivity index (χ1n) is 7.63. The molecule has 0 radical (unpaired) electrons. The third-order valence-electron chi connectivity index (χ3n) is 3.92. The fourth-order valence-electron chi connectivity index (χ4n) is 2.72. The molecule has 5 rings (SSSR count). The zero-order valence-electron chi connectivity index (χ0n) is 12.8. The van der Waals surface area contributed by atoms with Crippen molar-refractivity contribution in [3.05, 3.63) is 65.1 Å². The van der Waals surface area contributed by atoms with Crippen LogP contribution in [-0.2, 0) is 0 Å². The van der Waals surface area contributed by atoms with Gasteiger partial charge in [0, 0.05) is 15.4 Å². The molecular weight excluding hydrogens is 398 g/mol. The summed E-state index contributed by atoms with van der Waals surface area (Å²) >= 11 is 5.05. The lowest BCUT2D eigenvalue weighted by Crippen LogP contribution is -1.92. The van der Waals surface area contributed by atoms with Crippen LogP contribution in [0.4, 0.5) is 0 Å². The number of hydrogen-bond donors (Lipinski definition) is 0. The summed E-state index contributed by atoms with van der Waals surface area (Å²) in [5, 5.41) is 15.2. The average Bonchev–Trinajstić information content (AvgIpc) is 3.23. The van der Waals surface area contributed by atoms with Crippen LogP contribution in [0, 0.1) is 0 Å². The Balaban J connectivity index is 1.67. The van der Waals surface area contributed by atoms with E-state index >= 15 is 0 Å². The minimum absolute atomic E-state index is 0.714. The smallest absolute Gasteiger partial charge is 0.235 e. The minimum Gasteiger partial charge on any atom is -0.245 e. The third kappa shape index (κ3) is 2.43. The predicted molar refractivity (Wildman–Crippen MR) is 103 cm³/mol. The van der Waals surface area contributed by atoms with Crippen LogP contribution in [0.25, 0.3) is 38.0 Å². The summed E-state index contributed by atoms with van der Waals surface area (Å²) in [7, 11) is 0. The van der Waals surface area contributed by atoms with Gasteiger partial charge in [-0.15, -0.1) is 10.2 Å². The van der Waals surface area contributed by atoms with Gasteiger partial charge in [-0.3, -0.25) is 0 Å². The molecule has 3 heterocycles. The molecule has 0 aliphatic carbocycles. The Kier molecular flexibility index (Phi) is 3.36. The van der Waals surface area contributed by atoms with Crippen molar-refractivity contribution in [3.63, 3.8) is 0 Å². The molecule has 0 atom stereocenters. The maximum absolute atomic E-state index is 4.72. The minimum atomic E-state index is 0.714. The molecule has 0 saturated heterocycles. The van der Waals surface area contributed by atoms with Gasteiger partial charge in [0.05, 0.1) is 5.52 Å². The van der Waals surface area contributed by atoms with Gasteiger partial charge in [-0.1, -0.05) is 63.7 Å². The second kappa shape index (κ2) is 5.72. The monoisotopic (exact) mass is 407 g/mol. The number of aromatic nitrogens is 5. The number of hydrogen-bond acceptors (Lipinski definition) is 5. The fraction of sp³-hybridized carbons (Fsp3) is 0. The van der Waals surface area contributed by atoms with Crippen molar-refractivity contribution in [3.8, 4) is 22.1 Å². The standard InChI is InChI=1S/C18H10BrN5S/c19-13-7-3-2-6-12(13)16-21-22-18-24(16)23-17(25-18)15-10-9-11-5-1-4-8-14(11)20-15/h1-10H. The fourth-order valence-corrected chi connectivity index (χ4v) is 3.99. The largest absolute Gasteiger partial charge is 0.245 e. The molecule has 25 heavy (non-hydrogen) atoms. The zero-order valence-corrected chi connectivity index (χ0v) is 15.2. The summed E-state index contributed by atoms with van der Waals surface area (Å²) < 4.78 is 2.74. The maximum atomic E-state index is 4.72. The van der Waals surface area contributed by atoms with Crippen molar-refractivity contribution in [2.24, 2.45) is 0 Å². The molecule has 5 aromatic rings. The molecule has 2 aromatic carbocycles. The van der Waals surface area contributed by atoms with Crippen molar-refractivity contribution in [1.82, 2.24) is 24.8 Å². The van der Waals surface area contributed by atoms with Gasteiger partial charge in [-0.2, -0.15) is 9.61 Å². The summed E-state index contributed by atoms with van der Waals surface area (Å²) in [5.41, 5.74) is 2.75. The highest BCUT2D eigenvalue weighted by atomic mass is 79.9. The average molecular weight is 408 g/mol. The lowest BCUT2D eigenvalue weighted by Gasteiger charge is -2.00. The zero-order chi connectivity index (χ0) is 16.8. The molecule has 0 unspecified atom stereocenters. The second-order valence-corrected chi connectivity index (χ2v) is 7.30. The summed E-state index contributed by atoms with van der Waals surface area (Å²) in [5.74, 6) is 0.714. The summed E-state index contributed by atoms with van der Waals surface area (Å²) in [6.45, 7) is 0. The van der Waals surface area contributed by atoms with Crippen molar-refractivity contribution in [2.45, 2.75) is 0 Å². The molecule has 7 heteroatoms. The van der Waals surface area contributed by atoms with Gasteiger partial charge in [0.1, 0.15) is 5.69 Å². The molecule has 3 aromatic heterocycles. The van der Waals surface area contributed by atoms with Crippen LogP contribution >= 0.6 is 27.3 Å². The Bertz CT molecular complexity index is 1230. The molecule has 120 valence electrons. The molecular formula is C18H10BrN5S. The van der Waals surface area contributed by atoms with Crippen LogP contribution in [-0.4, -0.2) is 24.8 Å². The van der Waals surface area contributed by atoms with Gasteiger partial charge < -0.3 is 0 Å². The highest BCUT2D eigenvalue weighted by Crippen LogP contribution is 2.30. The van der Waals surface area contributed by atoms with Crippen LogP contribution < -0.4 is 0 Å². The van der Waals surface area contributed by atoms with E-state index in [2.05, 4.69) is 38.3 Å². The van der Waals surface area contributed by atoms with Crippen LogP contribution in [0.2, 0.25) is 0 Å². The first-order valence-corrected chi connectivity index (χ1v) is 9.24. The SMILES string of the molecule is Brc1ccccc1-c1nnc2sc(-c3ccc4ccccc4n3)nn12. The molecule has 0 aliphatic heterocycles. The van der Waals surface area contributed by atoms with E-state index in [1.807, 2.05) is 48.5 Å². The molecule has 5 nitrogen and oxygen atoms in total. The molecule has 0 aliphatic rings. The van der Waals surface area contributed by atoms with E-state index in [1.165, 1.54) is 11.3 Å². The maximum Gasteiger partial charge on any atom is 0.235 e.